The van der Waals surface area contributed by atoms with Gasteiger partial charge in [-0.15, -0.1) is 0 Å². The van der Waals surface area contributed by atoms with Crippen LogP contribution in [-0.2, 0) is 9.59 Å². The zero-order valence-electron chi connectivity index (χ0n) is 15.3. The molecule has 1 aliphatic carbocycles. The molecule has 0 radical (unpaired) electrons. The Bertz CT molecular complexity index is 621. The molecule has 0 spiro atoms. The Morgan fingerprint density at radius 3 is 2.64 bits per heavy atom. The van der Waals surface area contributed by atoms with Crippen molar-refractivity contribution in [3.8, 4) is 0 Å². The number of carbonyl (C=O) groups excluding carboxylic acids is 2. The summed E-state index contributed by atoms with van der Waals surface area (Å²) in [6.07, 6.45) is 8.09. The summed E-state index contributed by atoms with van der Waals surface area (Å²) in [5.74, 6) is 0.215. The minimum absolute atomic E-state index is 0.0472. The monoisotopic (exact) mass is 343 g/mol. The number of benzene rings is 1. The first-order valence-corrected chi connectivity index (χ1v) is 9.34. The molecular formula is C20H29N3O2. The second-order valence-corrected chi connectivity index (χ2v) is 6.74. The summed E-state index contributed by atoms with van der Waals surface area (Å²) in [6, 6.07) is 7.55. The topological polar surface area (TPSA) is 70.6 Å². The van der Waals surface area contributed by atoms with Crippen LogP contribution in [0.5, 0.6) is 0 Å². The van der Waals surface area contributed by atoms with E-state index in [4.69, 9.17) is 0 Å². The number of rotatable bonds is 10. The third-order valence-corrected chi connectivity index (χ3v) is 4.35. The molecule has 1 aromatic carbocycles. The van der Waals surface area contributed by atoms with E-state index in [2.05, 4.69) is 22.8 Å². The van der Waals surface area contributed by atoms with Gasteiger partial charge in [-0.3, -0.25) is 9.59 Å². The summed E-state index contributed by atoms with van der Waals surface area (Å²) in [4.78, 5) is 23.7. The van der Waals surface area contributed by atoms with Gasteiger partial charge in [-0.2, -0.15) is 5.10 Å². The highest BCUT2D eigenvalue weighted by molar-refractivity contribution is 6.01. The molecule has 2 rings (SSSR count). The smallest absolute Gasteiger partial charge is 0.240 e. The van der Waals surface area contributed by atoms with Crippen molar-refractivity contribution in [1.82, 2.24) is 5.43 Å². The maximum Gasteiger partial charge on any atom is 0.240 e. The fourth-order valence-electron chi connectivity index (χ4n) is 2.57. The van der Waals surface area contributed by atoms with Crippen LogP contribution in [0, 0.1) is 5.92 Å². The van der Waals surface area contributed by atoms with Crippen LogP contribution < -0.4 is 10.7 Å². The van der Waals surface area contributed by atoms with Gasteiger partial charge < -0.3 is 5.32 Å². The Morgan fingerprint density at radius 1 is 1.16 bits per heavy atom. The molecule has 1 fully saturated rings. The molecule has 0 bridgehead atoms. The number of unbranched alkanes of at least 4 members (excludes halogenated alkanes) is 4. The van der Waals surface area contributed by atoms with E-state index in [1.165, 1.54) is 19.3 Å². The molecule has 2 N–H and O–H groups in total. The average molecular weight is 343 g/mol. The molecule has 136 valence electrons. The lowest BCUT2D eigenvalue weighted by molar-refractivity contribution is -0.121. The number of amides is 2. The first-order valence-electron chi connectivity index (χ1n) is 9.34. The van der Waals surface area contributed by atoms with Crippen molar-refractivity contribution < 1.29 is 9.59 Å². The van der Waals surface area contributed by atoms with Gasteiger partial charge >= 0.3 is 0 Å². The second-order valence-electron chi connectivity index (χ2n) is 6.74. The van der Waals surface area contributed by atoms with Gasteiger partial charge in [0.2, 0.25) is 11.8 Å². The number of hydrogen-bond donors (Lipinski definition) is 2. The van der Waals surface area contributed by atoms with Gasteiger partial charge in [-0.05, 0) is 43.9 Å². The van der Waals surface area contributed by atoms with Crippen molar-refractivity contribution in [1.29, 1.82) is 0 Å². The zero-order chi connectivity index (χ0) is 18.1. The first kappa shape index (κ1) is 19.2. The fourth-order valence-corrected chi connectivity index (χ4v) is 2.57. The van der Waals surface area contributed by atoms with Crippen molar-refractivity contribution in [3.63, 3.8) is 0 Å². The van der Waals surface area contributed by atoms with Crippen LogP contribution in [0.4, 0.5) is 5.69 Å². The van der Waals surface area contributed by atoms with Crippen LogP contribution in [0.2, 0.25) is 0 Å². The van der Waals surface area contributed by atoms with Gasteiger partial charge in [0.05, 0.1) is 5.71 Å². The number of nitrogens with zero attached hydrogens (tertiary/aromatic N) is 1. The predicted octanol–water partition coefficient (Wildman–Crippen LogP) is 4.24. The molecule has 1 aromatic rings. The van der Waals surface area contributed by atoms with Crippen LogP contribution in [0.15, 0.2) is 29.4 Å². The van der Waals surface area contributed by atoms with E-state index in [0.717, 1.165) is 42.6 Å². The maximum absolute atomic E-state index is 11.8. The quantitative estimate of drug-likeness (QED) is 0.379. The van der Waals surface area contributed by atoms with Gasteiger partial charge in [0.1, 0.15) is 0 Å². The van der Waals surface area contributed by atoms with Crippen LogP contribution in [0.3, 0.4) is 0 Å². The van der Waals surface area contributed by atoms with Crippen molar-refractivity contribution in [3.05, 3.63) is 29.8 Å². The molecule has 2 amide bonds. The Balaban J connectivity index is 1.80. The Hall–Kier alpha value is -2.17. The number of anilines is 1. The van der Waals surface area contributed by atoms with Gasteiger partial charge in [0, 0.05) is 18.0 Å². The molecular weight excluding hydrogens is 314 g/mol. The van der Waals surface area contributed by atoms with Gasteiger partial charge in [0.25, 0.3) is 0 Å². The number of carbonyl (C=O) groups is 2. The van der Waals surface area contributed by atoms with Crippen LogP contribution in [0.1, 0.15) is 70.8 Å². The van der Waals surface area contributed by atoms with Gasteiger partial charge in [-0.25, -0.2) is 5.43 Å². The van der Waals surface area contributed by atoms with E-state index in [9.17, 15) is 9.59 Å². The van der Waals surface area contributed by atoms with Crippen molar-refractivity contribution in [2.75, 3.05) is 5.32 Å². The van der Waals surface area contributed by atoms with E-state index in [-0.39, 0.29) is 17.7 Å². The van der Waals surface area contributed by atoms with Gasteiger partial charge in [0.15, 0.2) is 0 Å². The number of nitrogens with one attached hydrogen (secondary N) is 2. The summed E-state index contributed by atoms with van der Waals surface area (Å²) in [5, 5.41) is 7.11. The third-order valence-electron chi connectivity index (χ3n) is 4.35. The molecule has 0 atom stereocenters. The van der Waals surface area contributed by atoms with Crippen molar-refractivity contribution >= 4 is 23.2 Å². The highest BCUT2D eigenvalue weighted by Gasteiger charge is 2.29. The standard InChI is InChI=1S/C20H29N3O2/c1-3-4-5-6-7-11-19(24)23-22-15(2)17-9-8-10-18(14-17)21-20(25)16-12-13-16/h8-10,14,16H,3-7,11-13H2,1-2H3,(H,21,25)(H,23,24). The molecule has 0 saturated heterocycles. The molecule has 25 heavy (non-hydrogen) atoms. The molecule has 0 aliphatic heterocycles. The van der Waals surface area contributed by atoms with Crippen LogP contribution >= 0.6 is 0 Å². The van der Waals surface area contributed by atoms with Crippen LogP contribution in [0.25, 0.3) is 0 Å². The molecule has 0 heterocycles. The lowest BCUT2D eigenvalue weighted by atomic mass is 10.1. The van der Waals surface area contributed by atoms with E-state index < -0.39 is 0 Å². The molecule has 1 aliphatic rings. The summed E-state index contributed by atoms with van der Waals surface area (Å²) in [5.41, 5.74) is 5.00. The highest BCUT2D eigenvalue weighted by atomic mass is 16.2. The van der Waals surface area contributed by atoms with Crippen LogP contribution in [-0.4, -0.2) is 17.5 Å². The fraction of sp³-hybridized carbons (Fsp3) is 0.550. The summed E-state index contributed by atoms with van der Waals surface area (Å²) < 4.78 is 0. The minimum Gasteiger partial charge on any atom is -0.326 e. The van der Waals surface area contributed by atoms with E-state index in [1.807, 2.05) is 31.2 Å². The van der Waals surface area contributed by atoms with E-state index in [1.54, 1.807) is 0 Å². The third kappa shape index (κ3) is 7.08. The lowest BCUT2D eigenvalue weighted by Crippen LogP contribution is -2.19. The molecule has 5 nitrogen and oxygen atoms in total. The average Bonchev–Trinajstić information content (AvgIpc) is 3.45. The first-order chi connectivity index (χ1) is 12.1. The minimum atomic E-state index is -0.0472. The Labute approximate surface area is 150 Å². The van der Waals surface area contributed by atoms with Crippen molar-refractivity contribution in [2.45, 2.75) is 65.2 Å². The summed E-state index contributed by atoms with van der Waals surface area (Å²) in [6.45, 7) is 4.03. The summed E-state index contributed by atoms with van der Waals surface area (Å²) in [7, 11) is 0. The van der Waals surface area contributed by atoms with Crippen molar-refractivity contribution in [2.24, 2.45) is 11.0 Å². The number of hydrazone groups is 1. The summed E-state index contributed by atoms with van der Waals surface area (Å²) >= 11 is 0. The van der Waals surface area contributed by atoms with Gasteiger partial charge in [-0.1, -0.05) is 44.7 Å². The lowest BCUT2D eigenvalue weighted by Gasteiger charge is -2.07. The van der Waals surface area contributed by atoms with E-state index >= 15 is 0 Å². The van der Waals surface area contributed by atoms with E-state index in [0.29, 0.717) is 6.42 Å². The maximum atomic E-state index is 11.8. The molecule has 5 heteroatoms. The predicted molar refractivity (Wildman–Crippen MR) is 102 cm³/mol. The Morgan fingerprint density at radius 2 is 1.92 bits per heavy atom. The SMILES string of the molecule is CCCCCCCC(=O)NN=C(C)c1cccc(NC(=O)C2CC2)c1. The molecule has 0 unspecified atom stereocenters. The normalized spacial score (nSPS) is 14.2. The molecule has 0 aromatic heterocycles. The molecule has 1 saturated carbocycles. The Kier molecular flexibility index (Phi) is 7.64. The second kappa shape index (κ2) is 9.97. The zero-order valence-corrected chi connectivity index (χ0v) is 15.3. The largest absolute Gasteiger partial charge is 0.326 e. The highest BCUT2D eigenvalue weighted by Crippen LogP contribution is 2.30. The number of hydrogen-bond acceptors (Lipinski definition) is 3.